The lowest BCUT2D eigenvalue weighted by atomic mass is 10.0. The summed E-state index contributed by atoms with van der Waals surface area (Å²) in [4.78, 5) is 9.43. The van der Waals surface area contributed by atoms with Gasteiger partial charge in [0.15, 0.2) is 5.82 Å². The van der Waals surface area contributed by atoms with Gasteiger partial charge in [-0.25, -0.2) is 9.97 Å². The number of anilines is 1. The normalized spacial score (nSPS) is 10.9. The van der Waals surface area contributed by atoms with Gasteiger partial charge in [0.25, 0.3) is 0 Å². The Labute approximate surface area is 194 Å². The lowest BCUT2D eigenvalue weighted by Gasteiger charge is -2.09. The topological polar surface area (TPSA) is 37.8 Å². The fourth-order valence-corrected chi connectivity index (χ4v) is 4.06. The van der Waals surface area contributed by atoms with Crippen LogP contribution in [0.1, 0.15) is 76.8 Å². The van der Waals surface area contributed by atoms with E-state index in [0.29, 0.717) is 0 Å². The number of nitrogens with one attached hydrogen (secondary N) is 1. The third-order valence-corrected chi connectivity index (χ3v) is 5.94. The smallest absolute Gasteiger partial charge is 0.161 e. The van der Waals surface area contributed by atoms with Crippen molar-refractivity contribution in [2.45, 2.75) is 78.1 Å². The number of hydrogen-bond acceptors (Lipinski definition) is 3. The van der Waals surface area contributed by atoms with Crippen LogP contribution >= 0.6 is 0 Å². The molecule has 3 nitrogen and oxygen atoms in total. The monoisotopic (exact) mass is 429 g/mol. The van der Waals surface area contributed by atoms with Crippen LogP contribution in [0.25, 0.3) is 22.5 Å². The maximum absolute atomic E-state index is 4.77. The first kappa shape index (κ1) is 24.0. The molecule has 3 heteroatoms. The van der Waals surface area contributed by atoms with Gasteiger partial charge in [-0.05, 0) is 24.5 Å². The van der Waals surface area contributed by atoms with E-state index < -0.39 is 0 Å². The molecule has 0 aliphatic carbocycles. The Balaban J connectivity index is 1.43. The molecule has 0 aliphatic heterocycles. The van der Waals surface area contributed by atoms with Gasteiger partial charge < -0.3 is 5.32 Å². The second-order valence-electron chi connectivity index (χ2n) is 8.77. The number of unbranched alkanes of at least 4 members (excludes halogenated alkanes) is 9. The minimum absolute atomic E-state index is 0.787. The Kier molecular flexibility index (Phi) is 10.2. The van der Waals surface area contributed by atoms with Gasteiger partial charge in [-0.3, -0.25) is 0 Å². The van der Waals surface area contributed by atoms with E-state index in [2.05, 4.69) is 65.8 Å². The number of hydrogen-bond donors (Lipinski definition) is 1. The van der Waals surface area contributed by atoms with Crippen LogP contribution < -0.4 is 5.32 Å². The molecule has 1 aromatic heterocycles. The molecule has 0 saturated carbocycles. The molecule has 0 fully saturated rings. The predicted octanol–water partition coefficient (Wildman–Crippen LogP) is 8.45. The standard InChI is InChI=1S/C29H39N3/c1-3-4-5-6-7-8-9-10-11-15-22-30-28-23-24(2)31-29(32-28)27-20-18-26(19-21-27)25-16-13-12-14-17-25/h12-14,16-21,23H,3-11,15,22H2,1-2H3,(H,30,31,32). The Bertz CT molecular complexity index is 903. The van der Waals surface area contributed by atoms with Crippen molar-refractivity contribution in [2.75, 3.05) is 11.9 Å². The van der Waals surface area contributed by atoms with Crippen molar-refractivity contribution in [1.29, 1.82) is 0 Å². The molecule has 1 N–H and O–H groups in total. The van der Waals surface area contributed by atoms with Crippen LogP contribution in [0.5, 0.6) is 0 Å². The highest BCUT2D eigenvalue weighted by Crippen LogP contribution is 2.24. The van der Waals surface area contributed by atoms with Crippen LogP contribution in [0, 0.1) is 6.92 Å². The zero-order valence-corrected chi connectivity index (χ0v) is 19.9. The molecule has 0 aliphatic rings. The minimum atomic E-state index is 0.787. The molecule has 1 heterocycles. The summed E-state index contributed by atoms with van der Waals surface area (Å²) < 4.78 is 0. The predicted molar refractivity (Wildman–Crippen MR) is 138 cm³/mol. The number of rotatable bonds is 14. The molecule has 170 valence electrons. The van der Waals surface area contributed by atoms with Gasteiger partial charge in [0.2, 0.25) is 0 Å². The van der Waals surface area contributed by atoms with Crippen LogP contribution in [0.15, 0.2) is 60.7 Å². The van der Waals surface area contributed by atoms with Crippen molar-refractivity contribution >= 4 is 5.82 Å². The molecule has 3 aromatic rings. The van der Waals surface area contributed by atoms with Crippen molar-refractivity contribution in [2.24, 2.45) is 0 Å². The van der Waals surface area contributed by atoms with Crippen LogP contribution in [0.3, 0.4) is 0 Å². The van der Waals surface area contributed by atoms with Gasteiger partial charge in [-0.15, -0.1) is 0 Å². The third-order valence-electron chi connectivity index (χ3n) is 5.94. The van der Waals surface area contributed by atoms with Gasteiger partial charge in [-0.2, -0.15) is 0 Å². The van der Waals surface area contributed by atoms with E-state index >= 15 is 0 Å². The zero-order chi connectivity index (χ0) is 22.4. The van der Waals surface area contributed by atoms with E-state index in [1.54, 1.807) is 0 Å². The van der Waals surface area contributed by atoms with Gasteiger partial charge in [-0.1, -0.05) is 119 Å². The first-order chi connectivity index (χ1) is 15.8. The molecule has 3 rings (SSSR count). The van der Waals surface area contributed by atoms with E-state index in [9.17, 15) is 0 Å². The third kappa shape index (κ3) is 8.11. The van der Waals surface area contributed by atoms with Crippen molar-refractivity contribution < 1.29 is 0 Å². The number of nitrogens with zero attached hydrogens (tertiary/aromatic N) is 2. The van der Waals surface area contributed by atoms with Gasteiger partial charge >= 0.3 is 0 Å². The molecule has 32 heavy (non-hydrogen) atoms. The molecule has 0 bridgehead atoms. The molecule has 0 amide bonds. The van der Waals surface area contributed by atoms with E-state index in [4.69, 9.17) is 4.98 Å². The summed E-state index contributed by atoms with van der Waals surface area (Å²) in [5.41, 5.74) is 4.48. The van der Waals surface area contributed by atoms with Crippen LogP contribution in [-0.2, 0) is 0 Å². The largest absolute Gasteiger partial charge is 0.370 e. The van der Waals surface area contributed by atoms with Crippen molar-refractivity contribution in [1.82, 2.24) is 9.97 Å². The highest BCUT2D eigenvalue weighted by Gasteiger charge is 2.06. The molecule has 0 unspecified atom stereocenters. The van der Waals surface area contributed by atoms with Crippen molar-refractivity contribution in [3.05, 3.63) is 66.4 Å². The summed E-state index contributed by atoms with van der Waals surface area (Å²) in [5, 5.41) is 3.51. The average Bonchev–Trinajstić information content (AvgIpc) is 2.83. The fraction of sp³-hybridized carbons (Fsp3) is 0.448. The van der Waals surface area contributed by atoms with Crippen molar-refractivity contribution in [3.8, 4) is 22.5 Å². The molecule has 0 saturated heterocycles. The van der Waals surface area contributed by atoms with E-state index in [1.165, 1.54) is 75.3 Å². The van der Waals surface area contributed by atoms with Crippen LogP contribution in [0.2, 0.25) is 0 Å². The Morgan fingerprint density at radius 3 is 1.84 bits per heavy atom. The number of benzene rings is 2. The second kappa shape index (κ2) is 13.7. The summed E-state index contributed by atoms with van der Waals surface area (Å²) in [5.74, 6) is 1.71. The molecule has 0 atom stereocenters. The average molecular weight is 430 g/mol. The Hall–Kier alpha value is -2.68. The zero-order valence-electron chi connectivity index (χ0n) is 19.9. The highest BCUT2D eigenvalue weighted by atomic mass is 15.0. The van der Waals surface area contributed by atoms with E-state index in [0.717, 1.165) is 29.4 Å². The van der Waals surface area contributed by atoms with Gasteiger partial charge in [0.1, 0.15) is 5.82 Å². The first-order valence-electron chi connectivity index (χ1n) is 12.5. The SMILES string of the molecule is CCCCCCCCCCCCNc1cc(C)nc(-c2ccc(-c3ccccc3)cc2)n1. The summed E-state index contributed by atoms with van der Waals surface area (Å²) in [6.07, 6.45) is 13.6. The molecular formula is C29H39N3. The van der Waals surface area contributed by atoms with Gasteiger partial charge in [0, 0.05) is 23.9 Å². The summed E-state index contributed by atoms with van der Waals surface area (Å²) >= 11 is 0. The van der Waals surface area contributed by atoms with Crippen LogP contribution in [-0.4, -0.2) is 16.5 Å². The maximum atomic E-state index is 4.77. The molecule has 0 spiro atoms. The lowest BCUT2D eigenvalue weighted by molar-refractivity contribution is 0.560. The van der Waals surface area contributed by atoms with Gasteiger partial charge in [0.05, 0.1) is 0 Å². The summed E-state index contributed by atoms with van der Waals surface area (Å²) in [6.45, 7) is 5.29. The quantitative estimate of drug-likeness (QED) is 0.261. The minimum Gasteiger partial charge on any atom is -0.370 e. The second-order valence-corrected chi connectivity index (χ2v) is 8.77. The van der Waals surface area contributed by atoms with Crippen molar-refractivity contribution in [3.63, 3.8) is 0 Å². The molecule has 0 radical (unpaired) electrons. The van der Waals surface area contributed by atoms with Crippen LogP contribution in [0.4, 0.5) is 5.82 Å². The number of aryl methyl sites for hydroxylation is 1. The van der Waals surface area contributed by atoms with E-state index in [1.807, 2.05) is 19.1 Å². The maximum Gasteiger partial charge on any atom is 0.161 e. The fourth-order valence-electron chi connectivity index (χ4n) is 4.06. The van der Waals surface area contributed by atoms with E-state index in [-0.39, 0.29) is 0 Å². The molecule has 2 aromatic carbocycles. The highest BCUT2D eigenvalue weighted by molar-refractivity contribution is 5.68. The Morgan fingerprint density at radius 1 is 0.625 bits per heavy atom. The first-order valence-corrected chi connectivity index (χ1v) is 12.5. The summed E-state index contributed by atoms with van der Waals surface area (Å²) in [7, 11) is 0. The Morgan fingerprint density at radius 2 is 1.19 bits per heavy atom. The lowest BCUT2D eigenvalue weighted by Crippen LogP contribution is -2.05. The number of aromatic nitrogens is 2. The summed E-state index contributed by atoms with van der Waals surface area (Å²) in [6, 6.07) is 21.0. The molecular weight excluding hydrogens is 390 g/mol.